The van der Waals surface area contributed by atoms with E-state index in [-0.39, 0.29) is 39.6 Å². The maximum atomic E-state index is 15.2. The van der Waals surface area contributed by atoms with Gasteiger partial charge in [0, 0.05) is 30.6 Å². The molecule has 0 unspecified atom stereocenters. The van der Waals surface area contributed by atoms with E-state index in [1.165, 1.54) is 38.7 Å². The summed E-state index contributed by atoms with van der Waals surface area (Å²) >= 11 is 0. The topological polar surface area (TPSA) is 105 Å². The van der Waals surface area contributed by atoms with Crippen LogP contribution in [0.25, 0.3) is 22.2 Å². The smallest absolute Gasteiger partial charge is 0.260 e. The van der Waals surface area contributed by atoms with E-state index in [4.69, 9.17) is 9.47 Å². The van der Waals surface area contributed by atoms with E-state index in [2.05, 4.69) is 30.2 Å². The van der Waals surface area contributed by atoms with Gasteiger partial charge in [0.25, 0.3) is 5.91 Å². The number of H-pyrrole nitrogens is 1. The molecule has 0 spiro atoms. The molecule has 0 bridgehead atoms. The molecule has 0 saturated carbocycles. The number of benzene rings is 2. The van der Waals surface area contributed by atoms with Gasteiger partial charge in [-0.2, -0.15) is 0 Å². The van der Waals surface area contributed by atoms with Gasteiger partial charge in [-0.3, -0.25) is 20.1 Å². The SMILES string of the molecule is CCN(C)Cc1cnc(NC(=O)c2ccc(-c3c(F)c(OC)cc(OC)c3F)c3nccnc23)[nH]1. The van der Waals surface area contributed by atoms with Crippen LogP contribution < -0.4 is 14.8 Å². The summed E-state index contributed by atoms with van der Waals surface area (Å²) in [4.78, 5) is 30.9. The van der Waals surface area contributed by atoms with E-state index in [9.17, 15) is 4.79 Å². The molecule has 35 heavy (non-hydrogen) atoms. The van der Waals surface area contributed by atoms with Crippen LogP contribution in [0.15, 0.2) is 36.8 Å². The number of rotatable bonds is 8. The summed E-state index contributed by atoms with van der Waals surface area (Å²) in [6, 6.07) is 3.97. The van der Waals surface area contributed by atoms with Gasteiger partial charge in [-0.15, -0.1) is 0 Å². The first-order valence-corrected chi connectivity index (χ1v) is 10.8. The van der Waals surface area contributed by atoms with E-state index in [1.807, 2.05) is 14.0 Å². The number of carbonyl (C=O) groups is 1. The van der Waals surface area contributed by atoms with Crippen LogP contribution in [0, 0.1) is 11.6 Å². The first-order valence-electron chi connectivity index (χ1n) is 10.8. The predicted molar refractivity (Wildman–Crippen MR) is 127 cm³/mol. The highest BCUT2D eigenvalue weighted by Crippen LogP contribution is 2.40. The average Bonchev–Trinajstić information content (AvgIpc) is 3.30. The van der Waals surface area contributed by atoms with Crippen molar-refractivity contribution in [3.05, 3.63) is 59.7 Å². The Hall–Kier alpha value is -4.12. The number of ether oxygens (including phenoxy) is 2. The zero-order chi connectivity index (χ0) is 25.1. The fourth-order valence-electron chi connectivity index (χ4n) is 3.64. The summed E-state index contributed by atoms with van der Waals surface area (Å²) in [6.07, 6.45) is 4.42. The molecule has 1 amide bonds. The number of nitrogens with one attached hydrogen (secondary N) is 2. The molecule has 0 aliphatic rings. The molecule has 4 aromatic rings. The van der Waals surface area contributed by atoms with Gasteiger partial charge in [0.1, 0.15) is 5.52 Å². The van der Waals surface area contributed by atoms with E-state index in [0.717, 1.165) is 18.3 Å². The number of carbonyl (C=O) groups excluding carboxylic acids is 1. The Kier molecular flexibility index (Phi) is 6.87. The number of nitrogens with zero attached hydrogens (tertiary/aromatic N) is 4. The third-order valence-corrected chi connectivity index (χ3v) is 5.55. The first kappa shape index (κ1) is 24.0. The number of anilines is 1. The van der Waals surface area contributed by atoms with Crippen molar-refractivity contribution in [3.8, 4) is 22.6 Å². The van der Waals surface area contributed by atoms with Gasteiger partial charge in [0.05, 0.1) is 42.8 Å². The molecule has 2 aromatic carbocycles. The monoisotopic (exact) mass is 482 g/mol. The van der Waals surface area contributed by atoms with Crippen molar-refractivity contribution in [1.29, 1.82) is 0 Å². The Bertz CT molecular complexity index is 1360. The van der Waals surface area contributed by atoms with Gasteiger partial charge in [-0.1, -0.05) is 13.0 Å². The first-order chi connectivity index (χ1) is 16.9. The van der Waals surface area contributed by atoms with Gasteiger partial charge in [-0.05, 0) is 19.7 Å². The fourth-order valence-corrected chi connectivity index (χ4v) is 3.64. The zero-order valence-corrected chi connectivity index (χ0v) is 19.6. The quantitative estimate of drug-likeness (QED) is 0.391. The number of fused-ring (bicyclic) bond motifs is 1. The zero-order valence-electron chi connectivity index (χ0n) is 19.6. The summed E-state index contributed by atoms with van der Waals surface area (Å²) in [5.41, 5.74) is 1.01. The number of methoxy groups -OCH3 is 2. The van der Waals surface area contributed by atoms with Crippen molar-refractivity contribution in [2.75, 3.05) is 33.1 Å². The number of aromatic amines is 1. The molecule has 0 saturated heterocycles. The number of amides is 1. The third-order valence-electron chi connectivity index (χ3n) is 5.55. The summed E-state index contributed by atoms with van der Waals surface area (Å²) in [6.45, 7) is 3.54. The van der Waals surface area contributed by atoms with Crippen molar-refractivity contribution in [2.45, 2.75) is 13.5 Å². The second-order valence-corrected chi connectivity index (χ2v) is 7.74. The highest BCUT2D eigenvalue weighted by Gasteiger charge is 2.25. The van der Waals surface area contributed by atoms with E-state index in [1.54, 1.807) is 6.20 Å². The van der Waals surface area contributed by atoms with Crippen LogP contribution in [0.5, 0.6) is 11.5 Å². The minimum atomic E-state index is -0.921. The molecule has 0 aliphatic heterocycles. The maximum Gasteiger partial charge on any atom is 0.260 e. The molecule has 2 heterocycles. The van der Waals surface area contributed by atoms with Crippen LogP contribution in [0.2, 0.25) is 0 Å². The Morgan fingerprint density at radius 2 is 1.71 bits per heavy atom. The lowest BCUT2D eigenvalue weighted by Gasteiger charge is -2.15. The molecule has 11 heteroatoms. The molecule has 0 atom stereocenters. The van der Waals surface area contributed by atoms with Crippen molar-refractivity contribution in [1.82, 2.24) is 24.8 Å². The predicted octanol–water partition coefficient (Wildman–Crippen LogP) is 4.02. The number of hydrogen-bond donors (Lipinski definition) is 2. The van der Waals surface area contributed by atoms with Gasteiger partial charge < -0.3 is 19.4 Å². The maximum absolute atomic E-state index is 15.2. The summed E-state index contributed by atoms with van der Waals surface area (Å²) < 4.78 is 40.4. The Labute approximate surface area is 200 Å². The molecule has 0 radical (unpaired) electrons. The van der Waals surface area contributed by atoms with Crippen LogP contribution in [0.3, 0.4) is 0 Å². The highest BCUT2D eigenvalue weighted by molar-refractivity contribution is 6.13. The number of halogens is 2. The molecule has 182 valence electrons. The van der Waals surface area contributed by atoms with Crippen molar-refractivity contribution < 1.29 is 23.0 Å². The standard InChI is InChI=1S/C24H24F2N6O3/c1-5-32(2)12-13-11-29-24(30-13)31-23(33)15-7-6-14(21-22(15)28-9-8-27-21)18-19(25)16(34-3)10-17(35-4)20(18)26/h6-11H,5,12H2,1-4H3,(H2,29,30,31,33). The second kappa shape index (κ2) is 10.0. The normalized spacial score (nSPS) is 11.2. The van der Waals surface area contributed by atoms with Gasteiger partial charge in [0.15, 0.2) is 23.1 Å². The Balaban J connectivity index is 1.75. The minimum absolute atomic E-state index is 0.0970. The van der Waals surface area contributed by atoms with E-state index in [0.29, 0.717) is 6.54 Å². The lowest BCUT2D eigenvalue weighted by Crippen LogP contribution is -2.17. The summed E-state index contributed by atoms with van der Waals surface area (Å²) in [5, 5.41) is 2.70. The van der Waals surface area contributed by atoms with Crippen molar-refractivity contribution in [3.63, 3.8) is 0 Å². The van der Waals surface area contributed by atoms with Crippen LogP contribution in [-0.4, -0.2) is 58.6 Å². The fraction of sp³-hybridized carbons (Fsp3) is 0.250. The molecule has 4 rings (SSSR count). The van der Waals surface area contributed by atoms with Gasteiger partial charge >= 0.3 is 0 Å². The summed E-state index contributed by atoms with van der Waals surface area (Å²) in [5.74, 6) is -2.47. The molecule has 0 fully saturated rings. The van der Waals surface area contributed by atoms with Gasteiger partial charge in [-0.25, -0.2) is 13.8 Å². The molecular formula is C24H24F2N6O3. The highest BCUT2D eigenvalue weighted by atomic mass is 19.1. The second-order valence-electron chi connectivity index (χ2n) is 7.74. The minimum Gasteiger partial charge on any atom is -0.494 e. The number of aromatic nitrogens is 4. The number of imidazole rings is 1. The average molecular weight is 482 g/mol. The third kappa shape index (κ3) is 4.62. The molecule has 2 N–H and O–H groups in total. The molecule has 9 nitrogen and oxygen atoms in total. The van der Waals surface area contributed by atoms with E-state index >= 15 is 8.78 Å². The Morgan fingerprint density at radius 3 is 2.34 bits per heavy atom. The van der Waals surface area contributed by atoms with Crippen LogP contribution >= 0.6 is 0 Å². The largest absolute Gasteiger partial charge is 0.494 e. The number of hydrogen-bond acceptors (Lipinski definition) is 7. The lowest BCUT2D eigenvalue weighted by molar-refractivity contribution is 0.102. The van der Waals surface area contributed by atoms with Gasteiger partial charge in [0.2, 0.25) is 5.95 Å². The molecule has 2 aromatic heterocycles. The molecular weight excluding hydrogens is 458 g/mol. The molecule has 0 aliphatic carbocycles. The van der Waals surface area contributed by atoms with Crippen molar-refractivity contribution in [2.24, 2.45) is 0 Å². The Morgan fingerprint density at radius 1 is 1.06 bits per heavy atom. The van der Waals surface area contributed by atoms with E-state index < -0.39 is 23.1 Å². The van der Waals surface area contributed by atoms with Crippen LogP contribution in [0.1, 0.15) is 23.0 Å². The summed E-state index contributed by atoms with van der Waals surface area (Å²) in [7, 11) is 4.51. The lowest BCUT2D eigenvalue weighted by atomic mass is 9.99. The van der Waals surface area contributed by atoms with Crippen molar-refractivity contribution >= 4 is 22.9 Å². The van der Waals surface area contributed by atoms with Crippen LogP contribution in [0.4, 0.5) is 14.7 Å². The van der Waals surface area contributed by atoms with Crippen LogP contribution in [-0.2, 0) is 6.54 Å².